The van der Waals surface area contributed by atoms with Gasteiger partial charge in [-0.1, -0.05) is 11.6 Å². The molecule has 1 rings (SSSR count). The van der Waals surface area contributed by atoms with E-state index in [-0.39, 0.29) is 16.9 Å². The van der Waals surface area contributed by atoms with Gasteiger partial charge in [0.25, 0.3) is 0 Å². The van der Waals surface area contributed by atoms with Crippen molar-refractivity contribution >= 4 is 40.6 Å². The molecule has 1 N–H and O–H groups in total. The minimum atomic E-state index is -0.350. The number of aromatic nitrogens is 2. The van der Waals surface area contributed by atoms with Crippen LogP contribution in [0.25, 0.3) is 0 Å². The van der Waals surface area contributed by atoms with Crippen LogP contribution in [0.5, 0.6) is 0 Å². The number of amides is 1. The van der Waals surface area contributed by atoms with Crippen LogP contribution in [0.4, 0.5) is 11.5 Å². The van der Waals surface area contributed by atoms with E-state index in [2.05, 4.69) is 15.3 Å². The summed E-state index contributed by atoms with van der Waals surface area (Å²) in [6.07, 6.45) is 1.33. The van der Waals surface area contributed by atoms with Crippen molar-refractivity contribution in [1.82, 2.24) is 9.97 Å². The molecule has 82 valence electrons. The average molecular weight is 249 g/mol. The van der Waals surface area contributed by atoms with E-state index in [1.165, 1.54) is 6.33 Å². The van der Waals surface area contributed by atoms with Crippen LogP contribution in [0, 0.1) is 0 Å². The molecule has 0 fully saturated rings. The Balaban J connectivity index is 3.07. The molecule has 15 heavy (non-hydrogen) atoms. The maximum absolute atomic E-state index is 11.1. The van der Waals surface area contributed by atoms with E-state index < -0.39 is 0 Å². The van der Waals surface area contributed by atoms with Crippen molar-refractivity contribution in [3.63, 3.8) is 0 Å². The number of carbonyl (C=O) groups is 1. The number of alkyl halides is 1. The fourth-order valence-corrected chi connectivity index (χ4v) is 1.22. The lowest BCUT2D eigenvalue weighted by molar-refractivity contribution is -0.113. The van der Waals surface area contributed by atoms with E-state index in [1.54, 1.807) is 19.0 Å². The van der Waals surface area contributed by atoms with E-state index in [9.17, 15) is 4.79 Å². The summed E-state index contributed by atoms with van der Waals surface area (Å²) in [5.74, 6) is 0.0443. The molecular formula is C8H10Cl2N4O. The normalized spacial score (nSPS) is 9.87. The quantitative estimate of drug-likeness (QED) is 0.649. The summed E-state index contributed by atoms with van der Waals surface area (Å²) >= 11 is 11.2. The Hall–Kier alpha value is -1.07. The van der Waals surface area contributed by atoms with E-state index in [0.29, 0.717) is 11.5 Å². The van der Waals surface area contributed by atoms with Gasteiger partial charge in [-0.15, -0.1) is 11.6 Å². The Kier molecular flexibility index (Phi) is 4.11. The molecule has 1 amide bonds. The minimum absolute atomic E-state index is 0.141. The standard InChI is InChI=1S/C8H10Cl2N4O/c1-14(2)8-6(13-5(15)3-9)7(10)11-4-12-8/h4H,3H2,1-2H3,(H,13,15). The topological polar surface area (TPSA) is 58.1 Å². The van der Waals surface area contributed by atoms with Crippen LogP contribution in [0.1, 0.15) is 0 Å². The van der Waals surface area contributed by atoms with Gasteiger partial charge in [0.15, 0.2) is 11.0 Å². The monoisotopic (exact) mass is 248 g/mol. The lowest BCUT2D eigenvalue weighted by Crippen LogP contribution is -2.19. The highest BCUT2D eigenvalue weighted by Crippen LogP contribution is 2.27. The zero-order chi connectivity index (χ0) is 11.4. The smallest absolute Gasteiger partial charge is 0.239 e. The van der Waals surface area contributed by atoms with Gasteiger partial charge in [-0.25, -0.2) is 9.97 Å². The molecule has 5 nitrogen and oxygen atoms in total. The first-order chi connectivity index (χ1) is 7.06. The van der Waals surface area contributed by atoms with Crippen LogP contribution in [-0.4, -0.2) is 35.9 Å². The summed E-state index contributed by atoms with van der Waals surface area (Å²) < 4.78 is 0. The first-order valence-corrected chi connectivity index (χ1v) is 5.01. The second-order valence-corrected chi connectivity index (χ2v) is 3.56. The molecule has 0 unspecified atom stereocenters. The van der Waals surface area contributed by atoms with Crippen LogP contribution < -0.4 is 10.2 Å². The molecule has 1 aromatic heterocycles. The molecule has 0 aliphatic carbocycles. The number of carbonyl (C=O) groups excluding carboxylic acids is 1. The summed E-state index contributed by atoms with van der Waals surface area (Å²) in [6, 6.07) is 0. The van der Waals surface area contributed by atoms with Gasteiger partial charge >= 0.3 is 0 Å². The lowest BCUT2D eigenvalue weighted by Gasteiger charge is -2.16. The molecule has 7 heteroatoms. The molecule has 1 heterocycles. The molecule has 0 saturated heterocycles. The Morgan fingerprint density at radius 2 is 2.20 bits per heavy atom. The molecule has 0 aliphatic rings. The van der Waals surface area contributed by atoms with Crippen molar-refractivity contribution in [1.29, 1.82) is 0 Å². The molecule has 0 radical (unpaired) electrons. The third kappa shape index (κ3) is 2.94. The van der Waals surface area contributed by atoms with Crippen molar-refractivity contribution in [3.05, 3.63) is 11.5 Å². The third-order valence-corrected chi connectivity index (χ3v) is 2.12. The highest BCUT2D eigenvalue weighted by Gasteiger charge is 2.13. The highest BCUT2D eigenvalue weighted by atomic mass is 35.5. The zero-order valence-electron chi connectivity index (χ0n) is 8.29. The summed E-state index contributed by atoms with van der Waals surface area (Å²) in [4.78, 5) is 20.6. The number of hydrogen-bond acceptors (Lipinski definition) is 4. The summed E-state index contributed by atoms with van der Waals surface area (Å²) in [6.45, 7) is 0. The lowest BCUT2D eigenvalue weighted by atomic mass is 10.4. The van der Waals surface area contributed by atoms with Gasteiger partial charge in [0.05, 0.1) is 0 Å². The summed E-state index contributed by atoms with van der Waals surface area (Å²) in [7, 11) is 3.57. The van der Waals surface area contributed by atoms with E-state index in [4.69, 9.17) is 23.2 Å². The van der Waals surface area contributed by atoms with Gasteiger partial charge in [-0.2, -0.15) is 0 Å². The first kappa shape index (κ1) is 12.0. The van der Waals surface area contributed by atoms with Gasteiger partial charge in [-0.3, -0.25) is 4.79 Å². The van der Waals surface area contributed by atoms with Crippen molar-refractivity contribution in [3.8, 4) is 0 Å². The van der Waals surface area contributed by atoms with Gasteiger partial charge in [0.2, 0.25) is 5.91 Å². The van der Waals surface area contributed by atoms with Crippen LogP contribution in [0.15, 0.2) is 6.33 Å². The molecule has 0 aromatic carbocycles. The number of anilines is 2. The Morgan fingerprint density at radius 1 is 1.53 bits per heavy atom. The SMILES string of the molecule is CN(C)c1ncnc(Cl)c1NC(=O)CCl. The maximum atomic E-state index is 11.1. The first-order valence-electron chi connectivity index (χ1n) is 4.10. The molecule has 0 bridgehead atoms. The molecule has 0 saturated carbocycles. The van der Waals surface area contributed by atoms with Gasteiger partial charge in [-0.05, 0) is 0 Å². The predicted molar refractivity (Wildman–Crippen MR) is 60.7 cm³/mol. The van der Waals surface area contributed by atoms with E-state index in [1.807, 2.05) is 0 Å². The fourth-order valence-electron chi connectivity index (χ4n) is 0.975. The second-order valence-electron chi connectivity index (χ2n) is 2.94. The number of nitrogens with one attached hydrogen (secondary N) is 1. The largest absolute Gasteiger partial charge is 0.361 e. The number of hydrogen-bond donors (Lipinski definition) is 1. The predicted octanol–water partition coefficient (Wildman–Crippen LogP) is 1.37. The second kappa shape index (κ2) is 5.14. The Morgan fingerprint density at radius 3 is 2.73 bits per heavy atom. The third-order valence-electron chi connectivity index (χ3n) is 1.59. The van der Waals surface area contributed by atoms with Crippen molar-refractivity contribution in [2.75, 3.05) is 30.2 Å². The van der Waals surface area contributed by atoms with Crippen molar-refractivity contribution in [2.45, 2.75) is 0 Å². The summed E-state index contributed by atoms with van der Waals surface area (Å²) in [5.41, 5.74) is 0.370. The van der Waals surface area contributed by atoms with Crippen LogP contribution in [-0.2, 0) is 4.79 Å². The summed E-state index contributed by atoms with van der Waals surface area (Å²) in [5, 5.41) is 2.73. The number of halogens is 2. The van der Waals surface area contributed by atoms with E-state index in [0.717, 1.165) is 0 Å². The minimum Gasteiger partial charge on any atom is -0.361 e. The maximum Gasteiger partial charge on any atom is 0.239 e. The molecule has 0 aliphatic heterocycles. The van der Waals surface area contributed by atoms with Gasteiger partial charge < -0.3 is 10.2 Å². The average Bonchev–Trinajstić information content (AvgIpc) is 2.20. The molecule has 0 spiro atoms. The molecule has 0 atom stereocenters. The Bertz CT molecular complexity index is 370. The number of nitrogens with zero attached hydrogens (tertiary/aromatic N) is 3. The van der Waals surface area contributed by atoms with Crippen molar-refractivity contribution < 1.29 is 4.79 Å². The molecular weight excluding hydrogens is 239 g/mol. The van der Waals surface area contributed by atoms with E-state index >= 15 is 0 Å². The van der Waals surface area contributed by atoms with Crippen LogP contribution >= 0.6 is 23.2 Å². The van der Waals surface area contributed by atoms with Crippen LogP contribution in [0.3, 0.4) is 0 Å². The zero-order valence-corrected chi connectivity index (χ0v) is 9.80. The van der Waals surface area contributed by atoms with Gasteiger partial charge in [0, 0.05) is 14.1 Å². The van der Waals surface area contributed by atoms with Gasteiger partial charge in [0.1, 0.15) is 17.9 Å². The Labute approximate surface area is 97.4 Å². The highest BCUT2D eigenvalue weighted by molar-refractivity contribution is 6.34. The number of rotatable bonds is 3. The molecule has 1 aromatic rings. The fraction of sp³-hybridized carbons (Fsp3) is 0.375. The van der Waals surface area contributed by atoms with Crippen molar-refractivity contribution in [2.24, 2.45) is 0 Å². The van der Waals surface area contributed by atoms with Crippen LogP contribution in [0.2, 0.25) is 5.15 Å².